The molecule has 1 aromatic heterocycles. The molecule has 0 bridgehead atoms. The molecular formula is C18H19N5OS. The van der Waals surface area contributed by atoms with Gasteiger partial charge in [0.2, 0.25) is 5.91 Å². The summed E-state index contributed by atoms with van der Waals surface area (Å²) >= 11 is 1.60. The molecule has 3 aromatic rings. The van der Waals surface area contributed by atoms with E-state index in [1.165, 1.54) is 11.1 Å². The molecule has 0 saturated heterocycles. The van der Waals surface area contributed by atoms with E-state index in [4.69, 9.17) is 0 Å². The van der Waals surface area contributed by atoms with E-state index >= 15 is 0 Å². The van der Waals surface area contributed by atoms with Crippen LogP contribution in [0.2, 0.25) is 0 Å². The number of hydrogen-bond donors (Lipinski definition) is 1. The number of nitrogens with zero attached hydrogens (tertiary/aromatic N) is 4. The van der Waals surface area contributed by atoms with Crippen LogP contribution >= 0.6 is 11.8 Å². The number of tetrazole rings is 1. The molecule has 2 aromatic carbocycles. The van der Waals surface area contributed by atoms with Crippen molar-refractivity contribution in [2.75, 3.05) is 11.1 Å². The van der Waals surface area contributed by atoms with Crippen LogP contribution in [0, 0.1) is 6.92 Å². The fourth-order valence-corrected chi connectivity index (χ4v) is 3.25. The average Bonchev–Trinajstić information content (AvgIpc) is 3.01. The smallest absolute Gasteiger partial charge is 0.234 e. The Morgan fingerprint density at radius 3 is 2.80 bits per heavy atom. The highest BCUT2D eigenvalue weighted by Crippen LogP contribution is 2.20. The molecular weight excluding hydrogens is 334 g/mol. The van der Waals surface area contributed by atoms with Gasteiger partial charge in [0.05, 0.1) is 5.75 Å². The quantitative estimate of drug-likeness (QED) is 0.737. The van der Waals surface area contributed by atoms with Crippen molar-refractivity contribution in [2.45, 2.75) is 12.7 Å². The predicted octanol–water partition coefficient (Wildman–Crippen LogP) is 3.06. The lowest BCUT2D eigenvalue weighted by Gasteiger charge is -2.07. The highest BCUT2D eigenvalue weighted by atomic mass is 32.2. The summed E-state index contributed by atoms with van der Waals surface area (Å²) in [5.74, 6) is 1.86. The van der Waals surface area contributed by atoms with Gasteiger partial charge >= 0.3 is 0 Å². The van der Waals surface area contributed by atoms with Crippen molar-refractivity contribution >= 4 is 23.4 Å². The summed E-state index contributed by atoms with van der Waals surface area (Å²) in [5, 5.41) is 14.4. The van der Waals surface area contributed by atoms with Gasteiger partial charge in [-0.25, -0.2) is 4.68 Å². The molecule has 0 spiro atoms. The summed E-state index contributed by atoms with van der Waals surface area (Å²) in [4.78, 5) is 12.2. The third-order valence-corrected chi connectivity index (χ3v) is 4.61. The van der Waals surface area contributed by atoms with Crippen LogP contribution in [-0.2, 0) is 17.6 Å². The summed E-state index contributed by atoms with van der Waals surface area (Å²) in [6.45, 7) is 2.07. The van der Waals surface area contributed by atoms with Crippen LogP contribution in [0.15, 0.2) is 48.5 Å². The van der Waals surface area contributed by atoms with E-state index in [2.05, 4.69) is 46.0 Å². The second-order valence-electron chi connectivity index (χ2n) is 5.74. The van der Waals surface area contributed by atoms with Gasteiger partial charge in [-0.05, 0) is 35.0 Å². The zero-order valence-corrected chi connectivity index (χ0v) is 15.0. The van der Waals surface area contributed by atoms with E-state index < -0.39 is 0 Å². The van der Waals surface area contributed by atoms with E-state index in [9.17, 15) is 4.79 Å². The van der Waals surface area contributed by atoms with Crippen molar-refractivity contribution in [2.24, 2.45) is 7.05 Å². The number of aromatic nitrogens is 4. The van der Waals surface area contributed by atoms with Crippen LogP contribution in [0.3, 0.4) is 0 Å². The molecule has 0 fully saturated rings. The summed E-state index contributed by atoms with van der Waals surface area (Å²) < 4.78 is 1.60. The van der Waals surface area contributed by atoms with E-state index in [0.717, 1.165) is 17.0 Å². The zero-order chi connectivity index (χ0) is 17.6. The molecule has 128 valence electrons. The van der Waals surface area contributed by atoms with Crippen molar-refractivity contribution < 1.29 is 4.79 Å². The Bertz CT molecular complexity index is 877. The molecule has 0 atom stereocenters. The molecule has 0 unspecified atom stereocenters. The van der Waals surface area contributed by atoms with Crippen molar-refractivity contribution in [1.29, 1.82) is 0 Å². The van der Waals surface area contributed by atoms with Gasteiger partial charge in [0, 0.05) is 24.1 Å². The van der Waals surface area contributed by atoms with Crippen LogP contribution in [0.25, 0.3) is 11.4 Å². The van der Waals surface area contributed by atoms with Gasteiger partial charge in [0.25, 0.3) is 0 Å². The SMILES string of the molecule is Cc1cccc(CSCC(=O)Nc2cccc(-c3nnnn3C)c2)c1. The van der Waals surface area contributed by atoms with Gasteiger partial charge in [-0.3, -0.25) is 4.79 Å². The van der Waals surface area contributed by atoms with Crippen molar-refractivity contribution in [3.8, 4) is 11.4 Å². The number of carbonyl (C=O) groups excluding carboxylic acids is 1. The molecule has 3 rings (SSSR count). The molecule has 0 radical (unpaired) electrons. The number of aryl methyl sites for hydroxylation is 2. The molecule has 0 saturated carbocycles. The minimum Gasteiger partial charge on any atom is -0.325 e. The van der Waals surface area contributed by atoms with Gasteiger partial charge in [-0.1, -0.05) is 42.0 Å². The summed E-state index contributed by atoms with van der Waals surface area (Å²) in [6.07, 6.45) is 0. The lowest BCUT2D eigenvalue weighted by Crippen LogP contribution is -2.14. The lowest BCUT2D eigenvalue weighted by atomic mass is 10.2. The molecule has 1 heterocycles. The summed E-state index contributed by atoms with van der Waals surface area (Å²) in [5.41, 5.74) is 4.06. The molecule has 0 aliphatic carbocycles. The normalized spacial score (nSPS) is 10.6. The lowest BCUT2D eigenvalue weighted by molar-refractivity contribution is -0.113. The van der Waals surface area contributed by atoms with Crippen molar-refractivity contribution in [3.63, 3.8) is 0 Å². The minimum absolute atomic E-state index is 0.0223. The standard InChI is InChI=1S/C18H19N5OS/c1-13-5-3-6-14(9-13)11-25-12-17(24)19-16-8-4-7-15(10-16)18-20-21-22-23(18)2/h3-10H,11-12H2,1-2H3,(H,19,24). The summed E-state index contributed by atoms with van der Waals surface area (Å²) in [7, 11) is 1.78. The van der Waals surface area contributed by atoms with Crippen molar-refractivity contribution in [1.82, 2.24) is 20.2 Å². The first-order valence-corrected chi connectivity index (χ1v) is 9.03. The zero-order valence-electron chi connectivity index (χ0n) is 14.1. The first-order chi connectivity index (χ1) is 12.1. The first kappa shape index (κ1) is 17.2. The Hall–Kier alpha value is -2.67. The van der Waals surface area contributed by atoms with Crippen LogP contribution < -0.4 is 5.32 Å². The minimum atomic E-state index is -0.0223. The second kappa shape index (κ2) is 7.94. The number of amides is 1. The third kappa shape index (κ3) is 4.67. The molecule has 6 nitrogen and oxygen atoms in total. The maximum absolute atomic E-state index is 12.2. The van der Waals surface area contributed by atoms with E-state index in [1.807, 2.05) is 30.3 Å². The fraction of sp³-hybridized carbons (Fsp3) is 0.222. The van der Waals surface area contributed by atoms with Gasteiger partial charge in [-0.15, -0.1) is 16.9 Å². The number of rotatable bonds is 6. The Morgan fingerprint density at radius 2 is 2.04 bits per heavy atom. The van der Waals surface area contributed by atoms with Crippen LogP contribution in [-0.4, -0.2) is 31.9 Å². The molecule has 1 N–H and O–H groups in total. The molecule has 7 heteroatoms. The topological polar surface area (TPSA) is 72.7 Å². The third-order valence-electron chi connectivity index (χ3n) is 3.61. The van der Waals surface area contributed by atoms with E-state index in [1.54, 1.807) is 23.5 Å². The second-order valence-corrected chi connectivity index (χ2v) is 6.72. The maximum Gasteiger partial charge on any atom is 0.234 e. The monoisotopic (exact) mass is 353 g/mol. The highest BCUT2D eigenvalue weighted by molar-refractivity contribution is 7.99. The average molecular weight is 353 g/mol. The molecule has 1 amide bonds. The Labute approximate surface area is 150 Å². The van der Waals surface area contributed by atoms with Crippen LogP contribution in [0.1, 0.15) is 11.1 Å². The van der Waals surface area contributed by atoms with Crippen LogP contribution in [0.5, 0.6) is 0 Å². The first-order valence-electron chi connectivity index (χ1n) is 7.88. The number of carbonyl (C=O) groups is 1. The number of hydrogen-bond acceptors (Lipinski definition) is 5. The van der Waals surface area contributed by atoms with E-state index in [0.29, 0.717) is 11.6 Å². The predicted molar refractivity (Wildman–Crippen MR) is 100 cm³/mol. The largest absolute Gasteiger partial charge is 0.325 e. The summed E-state index contributed by atoms with van der Waals surface area (Å²) in [6, 6.07) is 15.8. The van der Waals surface area contributed by atoms with Gasteiger partial charge < -0.3 is 5.32 Å². The number of thioether (sulfide) groups is 1. The fourth-order valence-electron chi connectivity index (χ4n) is 2.47. The van der Waals surface area contributed by atoms with E-state index in [-0.39, 0.29) is 5.91 Å². The van der Waals surface area contributed by atoms with Crippen LogP contribution in [0.4, 0.5) is 5.69 Å². The molecule has 0 aliphatic heterocycles. The molecule has 25 heavy (non-hydrogen) atoms. The van der Waals surface area contributed by atoms with Gasteiger partial charge in [0.15, 0.2) is 5.82 Å². The number of nitrogens with one attached hydrogen (secondary N) is 1. The maximum atomic E-state index is 12.2. The Balaban J connectivity index is 1.55. The van der Waals surface area contributed by atoms with Crippen molar-refractivity contribution in [3.05, 3.63) is 59.7 Å². The number of anilines is 1. The Morgan fingerprint density at radius 1 is 1.20 bits per heavy atom. The van der Waals surface area contributed by atoms with Gasteiger partial charge in [0.1, 0.15) is 0 Å². The molecule has 0 aliphatic rings. The Kier molecular flexibility index (Phi) is 5.45. The number of benzene rings is 2. The van der Waals surface area contributed by atoms with Gasteiger partial charge in [-0.2, -0.15) is 0 Å². The highest BCUT2D eigenvalue weighted by Gasteiger charge is 2.08.